The first-order valence-electron chi connectivity index (χ1n) is 8.89. The second-order valence-electron chi connectivity index (χ2n) is 6.32. The molecule has 29 heavy (non-hydrogen) atoms. The first-order valence-corrected chi connectivity index (χ1v) is 10.4. The molecule has 0 radical (unpaired) electrons. The molecule has 1 aliphatic heterocycles. The highest BCUT2D eigenvalue weighted by atomic mass is 32.2. The van der Waals surface area contributed by atoms with Crippen molar-refractivity contribution in [2.45, 2.75) is 4.90 Å². The van der Waals surface area contributed by atoms with Gasteiger partial charge in [0.2, 0.25) is 10.0 Å². The Kier molecular flexibility index (Phi) is 6.13. The van der Waals surface area contributed by atoms with Crippen molar-refractivity contribution in [1.82, 2.24) is 14.6 Å². The first kappa shape index (κ1) is 20.3. The van der Waals surface area contributed by atoms with Gasteiger partial charge in [0.15, 0.2) is 0 Å². The Morgan fingerprint density at radius 3 is 2.66 bits per heavy atom. The number of nitriles is 1. The van der Waals surface area contributed by atoms with Gasteiger partial charge in [-0.25, -0.2) is 13.4 Å². The number of anilines is 1. The van der Waals surface area contributed by atoms with Gasteiger partial charge in [0.05, 0.1) is 17.0 Å². The van der Waals surface area contributed by atoms with Crippen LogP contribution in [0.3, 0.4) is 0 Å². The van der Waals surface area contributed by atoms with E-state index in [1.165, 1.54) is 18.2 Å². The van der Waals surface area contributed by atoms with Gasteiger partial charge >= 0.3 is 0 Å². The van der Waals surface area contributed by atoms with E-state index in [-0.39, 0.29) is 22.9 Å². The van der Waals surface area contributed by atoms with Crippen molar-refractivity contribution in [3.05, 3.63) is 53.7 Å². The van der Waals surface area contributed by atoms with E-state index in [4.69, 9.17) is 6.42 Å². The zero-order chi connectivity index (χ0) is 20.9. The summed E-state index contributed by atoms with van der Waals surface area (Å²) < 4.78 is 26.7. The van der Waals surface area contributed by atoms with Crippen LogP contribution in [0.25, 0.3) is 0 Å². The largest absolute Gasteiger partial charge is 0.352 e. The van der Waals surface area contributed by atoms with Crippen LogP contribution in [0.2, 0.25) is 0 Å². The minimum absolute atomic E-state index is 0.00983. The van der Waals surface area contributed by atoms with Gasteiger partial charge in [0.1, 0.15) is 11.9 Å². The van der Waals surface area contributed by atoms with Gasteiger partial charge in [-0.3, -0.25) is 4.79 Å². The topological polar surface area (TPSA) is 106 Å². The number of amides is 1. The molecule has 9 heteroatoms. The summed E-state index contributed by atoms with van der Waals surface area (Å²) in [6.45, 7) is 1.80. The first-order chi connectivity index (χ1) is 14.0. The van der Waals surface area contributed by atoms with Crippen molar-refractivity contribution >= 4 is 21.7 Å². The Hall–Kier alpha value is -3.40. The minimum Gasteiger partial charge on any atom is -0.352 e. The molecule has 3 rings (SSSR count). The smallest absolute Gasteiger partial charge is 0.254 e. The molecule has 1 amide bonds. The molecule has 0 saturated carbocycles. The molecule has 2 heterocycles. The molecule has 1 aliphatic rings. The lowest BCUT2D eigenvalue weighted by Crippen LogP contribution is -2.49. The van der Waals surface area contributed by atoms with Crippen molar-refractivity contribution < 1.29 is 13.2 Å². The molecule has 0 bridgehead atoms. The van der Waals surface area contributed by atoms with Crippen molar-refractivity contribution in [2.75, 3.05) is 37.6 Å². The summed E-state index contributed by atoms with van der Waals surface area (Å²) in [6.07, 6.45) is 6.73. The number of sulfonamides is 1. The van der Waals surface area contributed by atoms with Crippen molar-refractivity contribution in [3.63, 3.8) is 0 Å². The number of aromatic nitrogens is 1. The Morgan fingerprint density at radius 2 is 1.97 bits per heavy atom. The van der Waals surface area contributed by atoms with E-state index in [1.807, 2.05) is 4.90 Å². The van der Waals surface area contributed by atoms with Crippen molar-refractivity contribution in [3.8, 4) is 18.4 Å². The Labute approximate surface area is 169 Å². The molecule has 0 atom stereocenters. The second kappa shape index (κ2) is 8.74. The van der Waals surface area contributed by atoms with Crippen LogP contribution in [-0.4, -0.2) is 56.9 Å². The normalized spacial score (nSPS) is 14.1. The summed E-state index contributed by atoms with van der Waals surface area (Å²) in [4.78, 5) is 20.7. The zero-order valence-corrected chi connectivity index (χ0v) is 16.4. The van der Waals surface area contributed by atoms with Crippen LogP contribution in [0, 0.1) is 23.7 Å². The summed E-state index contributed by atoms with van der Waals surface area (Å²) in [6, 6.07) is 11.4. The Morgan fingerprint density at radius 1 is 1.21 bits per heavy atom. The summed E-state index contributed by atoms with van der Waals surface area (Å²) in [5.41, 5.74) is 0.780. The molecule has 8 nitrogen and oxygen atoms in total. The van der Waals surface area contributed by atoms with E-state index >= 15 is 0 Å². The number of hydrogen-bond acceptors (Lipinski definition) is 6. The molecule has 1 saturated heterocycles. The Balaban J connectivity index is 1.71. The lowest BCUT2D eigenvalue weighted by molar-refractivity contribution is 0.0746. The fourth-order valence-corrected chi connectivity index (χ4v) is 4.04. The number of rotatable bonds is 5. The van der Waals surface area contributed by atoms with E-state index in [9.17, 15) is 18.5 Å². The molecule has 1 aromatic heterocycles. The fraction of sp³-hybridized carbons (Fsp3) is 0.250. The number of hydrogen-bond donors (Lipinski definition) is 1. The number of piperazine rings is 1. The van der Waals surface area contributed by atoms with Crippen LogP contribution in [0.15, 0.2) is 47.5 Å². The third-order valence-electron chi connectivity index (χ3n) is 4.53. The molecule has 148 valence electrons. The van der Waals surface area contributed by atoms with Gasteiger partial charge in [-0.15, -0.1) is 6.42 Å². The number of terminal acetylenes is 1. The van der Waals surface area contributed by atoms with Crippen LogP contribution in [0.4, 0.5) is 5.82 Å². The molecular formula is C20H19N5O3S. The quantitative estimate of drug-likeness (QED) is 0.733. The third-order valence-corrected chi connectivity index (χ3v) is 5.93. The minimum atomic E-state index is -3.77. The average molecular weight is 409 g/mol. The van der Waals surface area contributed by atoms with Crippen LogP contribution in [0.1, 0.15) is 15.9 Å². The number of nitrogens with zero attached hydrogens (tertiary/aromatic N) is 4. The van der Waals surface area contributed by atoms with Gasteiger partial charge in [-0.05, 0) is 30.3 Å². The van der Waals surface area contributed by atoms with E-state index in [1.54, 1.807) is 29.3 Å². The summed E-state index contributed by atoms with van der Waals surface area (Å²) >= 11 is 0. The maximum atomic E-state index is 12.9. The molecular weight excluding hydrogens is 390 g/mol. The molecule has 2 aromatic rings. The van der Waals surface area contributed by atoms with Gasteiger partial charge in [0, 0.05) is 37.9 Å². The predicted molar refractivity (Wildman–Crippen MR) is 108 cm³/mol. The Bertz CT molecular complexity index is 1090. The zero-order valence-electron chi connectivity index (χ0n) is 15.6. The van der Waals surface area contributed by atoms with E-state index in [2.05, 4.69) is 21.7 Å². The maximum Gasteiger partial charge on any atom is 0.254 e. The molecule has 1 fully saturated rings. The standard InChI is InChI=1S/C20H19N5O3S/c1-2-8-23-29(27,28)18-7-3-5-16(14-18)20(26)25-12-10-24(11-13-25)19-17(15-21)6-4-9-22-19/h1,3-7,9,14,23H,8,10-13H2. The van der Waals surface area contributed by atoms with Crippen LogP contribution in [-0.2, 0) is 10.0 Å². The van der Waals surface area contributed by atoms with Gasteiger partial charge in [-0.2, -0.15) is 9.98 Å². The van der Waals surface area contributed by atoms with Crippen LogP contribution >= 0.6 is 0 Å². The molecule has 0 unspecified atom stereocenters. The van der Waals surface area contributed by atoms with Crippen molar-refractivity contribution in [2.24, 2.45) is 0 Å². The van der Waals surface area contributed by atoms with Gasteiger partial charge in [-0.1, -0.05) is 12.0 Å². The molecule has 1 N–H and O–H groups in total. The third kappa shape index (κ3) is 4.54. The number of carbonyl (C=O) groups excluding carboxylic acids is 1. The van der Waals surface area contributed by atoms with Crippen LogP contribution in [0.5, 0.6) is 0 Å². The number of carbonyl (C=O) groups is 1. The van der Waals surface area contributed by atoms with E-state index in [0.717, 1.165) is 0 Å². The number of nitrogens with one attached hydrogen (secondary N) is 1. The highest BCUT2D eigenvalue weighted by Crippen LogP contribution is 2.19. The summed E-state index contributed by atoms with van der Waals surface area (Å²) in [5, 5.41) is 9.24. The molecule has 0 spiro atoms. The summed E-state index contributed by atoms with van der Waals surface area (Å²) in [7, 11) is -3.77. The van der Waals surface area contributed by atoms with Gasteiger partial charge in [0.25, 0.3) is 5.91 Å². The highest BCUT2D eigenvalue weighted by Gasteiger charge is 2.25. The second-order valence-corrected chi connectivity index (χ2v) is 8.09. The summed E-state index contributed by atoms with van der Waals surface area (Å²) in [5.74, 6) is 2.57. The lowest BCUT2D eigenvalue weighted by atomic mass is 10.1. The molecule has 1 aromatic carbocycles. The average Bonchev–Trinajstić information content (AvgIpc) is 2.77. The number of pyridine rings is 1. The van der Waals surface area contributed by atoms with E-state index < -0.39 is 10.0 Å². The lowest BCUT2D eigenvalue weighted by Gasteiger charge is -2.35. The van der Waals surface area contributed by atoms with Crippen molar-refractivity contribution in [1.29, 1.82) is 5.26 Å². The highest BCUT2D eigenvalue weighted by molar-refractivity contribution is 7.89. The van der Waals surface area contributed by atoms with E-state index in [0.29, 0.717) is 37.6 Å². The van der Waals surface area contributed by atoms with Crippen LogP contribution < -0.4 is 9.62 Å². The fourth-order valence-electron chi connectivity index (χ4n) is 3.06. The predicted octanol–water partition coefficient (Wildman–Crippen LogP) is 0.827. The maximum absolute atomic E-state index is 12.9. The number of benzene rings is 1. The monoisotopic (exact) mass is 409 g/mol. The van der Waals surface area contributed by atoms with Gasteiger partial charge < -0.3 is 9.80 Å². The molecule has 0 aliphatic carbocycles. The SMILES string of the molecule is C#CCNS(=O)(=O)c1cccc(C(=O)N2CCN(c3ncccc3C#N)CC2)c1.